The molecule has 3 nitrogen and oxygen atoms in total. The normalized spacial score (nSPS) is 9.31. The molecular formula is C9H9ClN2O. The molecule has 0 saturated carbocycles. The van der Waals surface area contributed by atoms with Crippen molar-refractivity contribution in [1.82, 2.24) is 4.98 Å². The SMILES string of the molecule is C#CCONc1ccnc(C)c1Cl. The van der Waals surface area contributed by atoms with Crippen LogP contribution in [0.3, 0.4) is 0 Å². The number of nitrogens with one attached hydrogen (secondary N) is 1. The van der Waals surface area contributed by atoms with Crippen molar-refractivity contribution in [2.24, 2.45) is 0 Å². The van der Waals surface area contributed by atoms with E-state index < -0.39 is 0 Å². The molecule has 68 valence electrons. The zero-order valence-corrected chi connectivity index (χ0v) is 7.93. The zero-order valence-electron chi connectivity index (χ0n) is 7.17. The Kier molecular flexibility index (Phi) is 3.56. The fourth-order valence-corrected chi connectivity index (χ4v) is 0.933. The van der Waals surface area contributed by atoms with E-state index in [0.717, 1.165) is 5.69 Å². The first kappa shape index (κ1) is 9.85. The molecule has 0 aliphatic heterocycles. The van der Waals surface area contributed by atoms with Gasteiger partial charge in [0.25, 0.3) is 0 Å². The summed E-state index contributed by atoms with van der Waals surface area (Å²) in [6.07, 6.45) is 6.64. The van der Waals surface area contributed by atoms with E-state index in [1.54, 1.807) is 12.3 Å². The Hall–Kier alpha value is -1.24. The third-order valence-corrected chi connectivity index (χ3v) is 1.88. The molecule has 0 bridgehead atoms. The van der Waals surface area contributed by atoms with Crippen molar-refractivity contribution in [2.45, 2.75) is 6.92 Å². The van der Waals surface area contributed by atoms with E-state index in [1.807, 2.05) is 6.92 Å². The van der Waals surface area contributed by atoms with Crippen LogP contribution in [-0.2, 0) is 4.84 Å². The van der Waals surface area contributed by atoms with E-state index in [2.05, 4.69) is 16.4 Å². The summed E-state index contributed by atoms with van der Waals surface area (Å²) in [4.78, 5) is 8.91. The molecule has 0 fully saturated rings. The van der Waals surface area contributed by atoms with Crippen molar-refractivity contribution in [3.63, 3.8) is 0 Å². The number of halogens is 1. The zero-order chi connectivity index (χ0) is 9.68. The quantitative estimate of drug-likeness (QED) is 0.456. The highest BCUT2D eigenvalue weighted by Crippen LogP contribution is 2.22. The van der Waals surface area contributed by atoms with Gasteiger partial charge in [0.05, 0.1) is 16.4 Å². The van der Waals surface area contributed by atoms with Crippen LogP contribution in [-0.4, -0.2) is 11.6 Å². The average molecular weight is 197 g/mol. The van der Waals surface area contributed by atoms with Crippen molar-refractivity contribution in [3.05, 3.63) is 23.0 Å². The van der Waals surface area contributed by atoms with Gasteiger partial charge in [0.2, 0.25) is 0 Å². The first-order valence-corrected chi connectivity index (χ1v) is 4.06. The maximum absolute atomic E-state index is 5.92. The molecule has 0 atom stereocenters. The number of aryl methyl sites for hydroxylation is 1. The highest BCUT2D eigenvalue weighted by atomic mass is 35.5. The molecule has 1 N–H and O–H groups in total. The lowest BCUT2D eigenvalue weighted by molar-refractivity contribution is 0.234. The largest absolute Gasteiger partial charge is 0.264 e. The summed E-state index contributed by atoms with van der Waals surface area (Å²) in [6.45, 7) is 2.01. The smallest absolute Gasteiger partial charge is 0.135 e. The Morgan fingerprint density at radius 1 is 1.77 bits per heavy atom. The molecule has 1 heterocycles. The topological polar surface area (TPSA) is 34.1 Å². The van der Waals surface area contributed by atoms with Crippen LogP contribution in [0.5, 0.6) is 0 Å². The van der Waals surface area contributed by atoms with Gasteiger partial charge in [0.15, 0.2) is 0 Å². The number of aromatic nitrogens is 1. The fraction of sp³-hybridized carbons (Fsp3) is 0.222. The van der Waals surface area contributed by atoms with Gasteiger partial charge in [-0.1, -0.05) is 17.5 Å². The van der Waals surface area contributed by atoms with Gasteiger partial charge >= 0.3 is 0 Å². The fourth-order valence-electron chi connectivity index (χ4n) is 0.783. The molecule has 0 unspecified atom stereocenters. The minimum atomic E-state index is 0.192. The summed E-state index contributed by atoms with van der Waals surface area (Å²) in [5.74, 6) is 2.33. The van der Waals surface area contributed by atoms with E-state index in [-0.39, 0.29) is 6.61 Å². The van der Waals surface area contributed by atoms with Crippen molar-refractivity contribution < 1.29 is 4.84 Å². The Balaban J connectivity index is 2.67. The standard InChI is InChI=1S/C9H9ClN2O/c1-3-6-13-12-8-4-5-11-7(2)9(8)10/h1,4-5H,6H2,2H3,(H,11,12). The number of anilines is 1. The Morgan fingerprint density at radius 2 is 2.54 bits per heavy atom. The number of hydrogen-bond donors (Lipinski definition) is 1. The molecule has 1 aromatic rings. The molecule has 0 aliphatic carbocycles. The second-order valence-electron chi connectivity index (χ2n) is 2.35. The first-order chi connectivity index (χ1) is 6.25. The highest BCUT2D eigenvalue weighted by molar-refractivity contribution is 6.33. The van der Waals surface area contributed by atoms with E-state index in [0.29, 0.717) is 10.7 Å². The summed E-state index contributed by atoms with van der Waals surface area (Å²) >= 11 is 5.92. The molecule has 0 spiro atoms. The van der Waals surface area contributed by atoms with Crippen LogP contribution in [0.4, 0.5) is 5.69 Å². The second kappa shape index (κ2) is 4.70. The number of pyridine rings is 1. The molecule has 0 amide bonds. The molecule has 1 aromatic heterocycles. The van der Waals surface area contributed by atoms with Crippen LogP contribution in [0.25, 0.3) is 0 Å². The lowest BCUT2D eigenvalue weighted by Gasteiger charge is -2.07. The van der Waals surface area contributed by atoms with Crippen LogP contribution in [0.2, 0.25) is 5.02 Å². The molecule has 0 aromatic carbocycles. The number of rotatable bonds is 3. The maximum atomic E-state index is 5.92. The average Bonchev–Trinajstić information content (AvgIpc) is 2.13. The molecule has 0 saturated heterocycles. The lowest BCUT2D eigenvalue weighted by atomic mass is 10.3. The number of terminal acetylenes is 1. The van der Waals surface area contributed by atoms with Gasteiger partial charge in [0.1, 0.15) is 6.61 Å². The predicted octanol–water partition coefficient (Wildman–Crippen LogP) is 2.02. The van der Waals surface area contributed by atoms with Crippen LogP contribution in [0.15, 0.2) is 12.3 Å². The maximum Gasteiger partial charge on any atom is 0.135 e. The monoisotopic (exact) mass is 196 g/mol. The van der Waals surface area contributed by atoms with Crippen molar-refractivity contribution in [2.75, 3.05) is 12.1 Å². The Labute approximate surface area is 82.0 Å². The van der Waals surface area contributed by atoms with Gasteiger partial charge in [-0.15, -0.1) is 6.42 Å². The predicted molar refractivity (Wildman–Crippen MR) is 52.4 cm³/mol. The molecule has 4 heteroatoms. The summed E-state index contributed by atoms with van der Waals surface area (Å²) in [7, 11) is 0. The first-order valence-electron chi connectivity index (χ1n) is 3.68. The minimum Gasteiger partial charge on any atom is -0.264 e. The van der Waals surface area contributed by atoms with Gasteiger partial charge in [-0.25, -0.2) is 0 Å². The number of nitrogens with zero attached hydrogens (tertiary/aromatic N) is 1. The number of hydrogen-bond acceptors (Lipinski definition) is 3. The van der Waals surface area contributed by atoms with Crippen molar-refractivity contribution in [3.8, 4) is 12.3 Å². The van der Waals surface area contributed by atoms with Crippen LogP contribution < -0.4 is 5.48 Å². The summed E-state index contributed by atoms with van der Waals surface area (Å²) < 4.78 is 0. The summed E-state index contributed by atoms with van der Waals surface area (Å²) in [5, 5.41) is 0.541. The van der Waals surface area contributed by atoms with Gasteiger partial charge in [-0.2, -0.15) is 0 Å². The van der Waals surface area contributed by atoms with Crippen molar-refractivity contribution >= 4 is 17.3 Å². The molecule has 13 heavy (non-hydrogen) atoms. The van der Waals surface area contributed by atoms with Crippen LogP contribution in [0.1, 0.15) is 5.69 Å². The third kappa shape index (κ3) is 2.62. The molecule has 0 radical (unpaired) electrons. The highest BCUT2D eigenvalue weighted by Gasteiger charge is 2.02. The van der Waals surface area contributed by atoms with Gasteiger partial charge in [-0.05, 0) is 13.0 Å². The Morgan fingerprint density at radius 3 is 3.23 bits per heavy atom. The molecular weight excluding hydrogens is 188 g/mol. The van der Waals surface area contributed by atoms with E-state index in [1.165, 1.54) is 0 Å². The van der Waals surface area contributed by atoms with Crippen molar-refractivity contribution in [1.29, 1.82) is 0 Å². The van der Waals surface area contributed by atoms with E-state index in [4.69, 9.17) is 22.9 Å². The van der Waals surface area contributed by atoms with Gasteiger partial charge < -0.3 is 0 Å². The summed E-state index contributed by atoms with van der Waals surface area (Å²) in [5.41, 5.74) is 4.06. The summed E-state index contributed by atoms with van der Waals surface area (Å²) in [6, 6.07) is 1.71. The van der Waals surface area contributed by atoms with E-state index >= 15 is 0 Å². The molecule has 0 aliphatic rings. The lowest BCUT2D eigenvalue weighted by Crippen LogP contribution is -2.02. The van der Waals surface area contributed by atoms with Crippen LogP contribution in [0, 0.1) is 19.3 Å². The minimum absolute atomic E-state index is 0.192. The van der Waals surface area contributed by atoms with Crippen LogP contribution >= 0.6 is 11.6 Å². The van der Waals surface area contributed by atoms with Gasteiger partial charge in [-0.3, -0.25) is 15.3 Å². The van der Waals surface area contributed by atoms with Gasteiger partial charge in [0, 0.05) is 6.20 Å². The molecule has 1 rings (SSSR count). The second-order valence-corrected chi connectivity index (χ2v) is 2.73. The van der Waals surface area contributed by atoms with E-state index in [9.17, 15) is 0 Å². The Bertz CT molecular complexity index is 333. The third-order valence-electron chi connectivity index (χ3n) is 1.40.